The maximum Gasteiger partial charge on any atom is 0.235 e. The lowest BCUT2D eigenvalue weighted by molar-refractivity contribution is 0.295. The number of aliphatic hydroxyl groups is 1. The molecule has 6 heteroatoms. The van der Waals surface area contributed by atoms with Crippen LogP contribution in [0.5, 0.6) is 0 Å². The zero-order chi connectivity index (χ0) is 12.9. The summed E-state index contributed by atoms with van der Waals surface area (Å²) in [5, 5.41) is 8.66. The van der Waals surface area contributed by atoms with Crippen molar-refractivity contribution >= 4 is 15.7 Å². The molecule has 0 heterocycles. The number of benzene rings is 1. The molecule has 0 atom stereocenters. The van der Waals surface area contributed by atoms with E-state index in [1.54, 1.807) is 6.92 Å². The summed E-state index contributed by atoms with van der Waals surface area (Å²) in [6, 6.07) is 5.30. The Hall–Kier alpha value is -1.14. The highest BCUT2D eigenvalue weighted by Crippen LogP contribution is 2.18. The molecule has 0 aliphatic rings. The van der Waals surface area contributed by atoms with Crippen molar-refractivity contribution in [1.29, 1.82) is 0 Å². The van der Waals surface area contributed by atoms with Crippen molar-refractivity contribution in [3.63, 3.8) is 0 Å². The van der Waals surface area contributed by atoms with Gasteiger partial charge in [-0.1, -0.05) is 0 Å². The molecule has 1 aromatic carbocycles. The molecule has 96 valence electrons. The fourth-order valence-corrected chi connectivity index (χ4v) is 3.05. The van der Waals surface area contributed by atoms with Crippen molar-refractivity contribution < 1.29 is 17.9 Å². The molecule has 0 saturated heterocycles. The van der Waals surface area contributed by atoms with Gasteiger partial charge in [0.25, 0.3) is 0 Å². The highest BCUT2D eigenvalue weighted by Gasteiger charge is 2.20. The number of aliphatic hydroxyl groups excluding tert-OH is 1. The lowest BCUT2D eigenvalue weighted by Gasteiger charge is -2.22. The van der Waals surface area contributed by atoms with Crippen LogP contribution in [0.25, 0.3) is 0 Å². The maximum absolute atomic E-state index is 12.8. The van der Waals surface area contributed by atoms with Crippen LogP contribution in [0, 0.1) is 5.82 Å². The van der Waals surface area contributed by atoms with Crippen LogP contribution in [-0.2, 0) is 10.0 Å². The topological polar surface area (TPSA) is 57.6 Å². The van der Waals surface area contributed by atoms with E-state index in [1.165, 1.54) is 28.6 Å². The standard InChI is InChI=1S/C11H16FNO3S/c1-2-13(17(15,16)9-3-8-14)11-6-4-10(12)5-7-11/h4-7,14H,2-3,8-9H2,1H3. The first-order valence-electron chi connectivity index (χ1n) is 5.38. The van der Waals surface area contributed by atoms with Crippen LogP contribution in [0.2, 0.25) is 0 Å². The summed E-state index contributed by atoms with van der Waals surface area (Å²) in [5.41, 5.74) is 0.437. The van der Waals surface area contributed by atoms with Gasteiger partial charge in [0.2, 0.25) is 10.0 Å². The van der Waals surface area contributed by atoms with Crippen LogP contribution in [0.4, 0.5) is 10.1 Å². The Morgan fingerprint density at radius 1 is 1.29 bits per heavy atom. The Balaban J connectivity index is 2.95. The van der Waals surface area contributed by atoms with E-state index in [9.17, 15) is 12.8 Å². The van der Waals surface area contributed by atoms with Crippen molar-refractivity contribution in [2.75, 3.05) is 23.2 Å². The van der Waals surface area contributed by atoms with E-state index in [1.807, 2.05) is 0 Å². The monoisotopic (exact) mass is 261 g/mol. The molecule has 17 heavy (non-hydrogen) atoms. The minimum Gasteiger partial charge on any atom is -0.396 e. The average Bonchev–Trinajstić information content (AvgIpc) is 2.30. The Morgan fingerprint density at radius 3 is 2.35 bits per heavy atom. The predicted octanol–water partition coefficient (Wildman–Crippen LogP) is 1.36. The zero-order valence-corrected chi connectivity index (χ0v) is 10.5. The van der Waals surface area contributed by atoms with Crippen LogP contribution in [0.15, 0.2) is 24.3 Å². The summed E-state index contributed by atoms with van der Waals surface area (Å²) in [5.74, 6) is -0.521. The minimum atomic E-state index is -3.45. The summed E-state index contributed by atoms with van der Waals surface area (Å²) in [6.45, 7) is 1.82. The molecule has 0 aliphatic heterocycles. The summed E-state index contributed by atoms with van der Waals surface area (Å²) in [4.78, 5) is 0. The van der Waals surface area contributed by atoms with Gasteiger partial charge in [-0.25, -0.2) is 12.8 Å². The molecule has 0 amide bonds. The van der Waals surface area contributed by atoms with E-state index >= 15 is 0 Å². The molecular weight excluding hydrogens is 245 g/mol. The smallest absolute Gasteiger partial charge is 0.235 e. The van der Waals surface area contributed by atoms with Crippen LogP contribution in [0.1, 0.15) is 13.3 Å². The summed E-state index contributed by atoms with van der Waals surface area (Å²) in [6.07, 6.45) is 0.194. The molecule has 4 nitrogen and oxygen atoms in total. The van der Waals surface area contributed by atoms with Crippen molar-refractivity contribution in [2.24, 2.45) is 0 Å². The van der Waals surface area contributed by atoms with E-state index in [0.717, 1.165) is 0 Å². The Labute approximate surface area is 101 Å². The first-order chi connectivity index (χ1) is 8.01. The predicted molar refractivity (Wildman–Crippen MR) is 64.9 cm³/mol. The lowest BCUT2D eigenvalue weighted by atomic mass is 10.3. The van der Waals surface area contributed by atoms with E-state index in [-0.39, 0.29) is 25.3 Å². The number of nitrogens with zero attached hydrogens (tertiary/aromatic N) is 1. The number of sulfonamides is 1. The second kappa shape index (κ2) is 5.97. The van der Waals surface area contributed by atoms with Gasteiger partial charge in [0.1, 0.15) is 5.82 Å². The van der Waals surface area contributed by atoms with Gasteiger partial charge in [0.05, 0.1) is 11.4 Å². The lowest BCUT2D eigenvalue weighted by Crippen LogP contribution is -2.33. The Kier molecular flexibility index (Phi) is 4.89. The molecular formula is C11H16FNO3S. The summed E-state index contributed by atoms with van der Waals surface area (Å²) < 4.78 is 37.8. The van der Waals surface area contributed by atoms with Crippen molar-refractivity contribution in [2.45, 2.75) is 13.3 Å². The minimum absolute atomic E-state index is 0.116. The molecule has 1 N–H and O–H groups in total. The van der Waals surface area contributed by atoms with Crippen LogP contribution >= 0.6 is 0 Å². The van der Waals surface area contributed by atoms with Gasteiger partial charge >= 0.3 is 0 Å². The van der Waals surface area contributed by atoms with E-state index < -0.39 is 15.8 Å². The summed E-state index contributed by atoms with van der Waals surface area (Å²) in [7, 11) is -3.45. The third-order valence-electron chi connectivity index (χ3n) is 2.30. The van der Waals surface area contributed by atoms with Crippen LogP contribution < -0.4 is 4.31 Å². The second-order valence-electron chi connectivity index (χ2n) is 3.53. The molecule has 0 aliphatic carbocycles. The molecule has 0 unspecified atom stereocenters. The fourth-order valence-electron chi connectivity index (χ4n) is 1.50. The van der Waals surface area contributed by atoms with E-state index in [2.05, 4.69) is 0 Å². The first kappa shape index (κ1) is 13.9. The molecule has 0 radical (unpaired) electrons. The number of hydrogen-bond donors (Lipinski definition) is 1. The van der Waals surface area contributed by atoms with Gasteiger partial charge < -0.3 is 5.11 Å². The average molecular weight is 261 g/mol. The van der Waals surface area contributed by atoms with Gasteiger partial charge in [0, 0.05) is 13.2 Å². The van der Waals surface area contributed by atoms with Gasteiger partial charge in [-0.3, -0.25) is 4.31 Å². The van der Waals surface area contributed by atoms with E-state index in [0.29, 0.717) is 5.69 Å². The zero-order valence-electron chi connectivity index (χ0n) is 9.63. The quantitative estimate of drug-likeness (QED) is 0.841. The molecule has 1 rings (SSSR count). The molecule has 1 aromatic rings. The van der Waals surface area contributed by atoms with Crippen LogP contribution in [0.3, 0.4) is 0 Å². The third-order valence-corrected chi connectivity index (χ3v) is 4.24. The van der Waals surface area contributed by atoms with Gasteiger partial charge in [-0.05, 0) is 37.6 Å². The largest absolute Gasteiger partial charge is 0.396 e. The van der Waals surface area contributed by atoms with Gasteiger partial charge in [-0.15, -0.1) is 0 Å². The molecule has 0 aromatic heterocycles. The van der Waals surface area contributed by atoms with Gasteiger partial charge in [-0.2, -0.15) is 0 Å². The normalized spacial score (nSPS) is 11.5. The second-order valence-corrected chi connectivity index (χ2v) is 5.55. The fraction of sp³-hybridized carbons (Fsp3) is 0.455. The number of anilines is 1. The molecule has 0 saturated carbocycles. The molecule has 0 bridgehead atoms. The number of rotatable bonds is 6. The SMILES string of the molecule is CCN(c1ccc(F)cc1)S(=O)(=O)CCCO. The van der Waals surface area contributed by atoms with E-state index in [4.69, 9.17) is 5.11 Å². The Bertz CT molecular complexity index is 444. The highest BCUT2D eigenvalue weighted by atomic mass is 32.2. The summed E-state index contributed by atoms with van der Waals surface area (Å²) >= 11 is 0. The maximum atomic E-state index is 12.8. The third kappa shape index (κ3) is 3.67. The first-order valence-corrected chi connectivity index (χ1v) is 6.99. The highest BCUT2D eigenvalue weighted by molar-refractivity contribution is 7.92. The van der Waals surface area contributed by atoms with Crippen molar-refractivity contribution in [3.8, 4) is 0 Å². The van der Waals surface area contributed by atoms with Crippen LogP contribution in [-0.4, -0.2) is 32.4 Å². The van der Waals surface area contributed by atoms with Crippen molar-refractivity contribution in [3.05, 3.63) is 30.1 Å². The molecule has 0 fully saturated rings. The van der Waals surface area contributed by atoms with Crippen molar-refractivity contribution in [1.82, 2.24) is 0 Å². The Morgan fingerprint density at radius 2 is 1.88 bits per heavy atom. The number of hydrogen-bond acceptors (Lipinski definition) is 3. The number of halogens is 1. The van der Waals surface area contributed by atoms with Gasteiger partial charge in [0.15, 0.2) is 0 Å². The molecule has 0 spiro atoms.